The predicted molar refractivity (Wildman–Crippen MR) is 89.9 cm³/mol. The van der Waals surface area contributed by atoms with E-state index in [0.717, 1.165) is 30.9 Å². The molecule has 0 radical (unpaired) electrons. The van der Waals surface area contributed by atoms with Crippen LogP contribution in [0, 0.1) is 5.92 Å². The summed E-state index contributed by atoms with van der Waals surface area (Å²) in [7, 11) is 2.13. The van der Waals surface area contributed by atoms with Gasteiger partial charge in [-0.15, -0.1) is 0 Å². The molecular formula is C17H28N4. The minimum atomic E-state index is 0.183. The van der Waals surface area contributed by atoms with Gasteiger partial charge >= 0.3 is 0 Å². The van der Waals surface area contributed by atoms with Crippen molar-refractivity contribution < 1.29 is 0 Å². The first-order valence-corrected chi connectivity index (χ1v) is 7.95. The third kappa shape index (κ3) is 3.76. The highest BCUT2D eigenvalue weighted by Gasteiger charge is 2.17. The highest BCUT2D eigenvalue weighted by Crippen LogP contribution is 2.23. The van der Waals surface area contributed by atoms with Crippen LogP contribution in [0.15, 0.2) is 24.4 Å². The zero-order valence-electron chi connectivity index (χ0n) is 13.7. The lowest BCUT2D eigenvalue weighted by molar-refractivity contribution is 0.581. The molecular weight excluding hydrogens is 260 g/mol. The van der Waals surface area contributed by atoms with Crippen molar-refractivity contribution >= 4 is 11.5 Å². The van der Waals surface area contributed by atoms with Crippen LogP contribution in [0.4, 0.5) is 5.82 Å². The van der Waals surface area contributed by atoms with Crippen LogP contribution in [0.1, 0.15) is 39.3 Å². The second kappa shape index (κ2) is 6.94. The first-order valence-electron chi connectivity index (χ1n) is 7.95. The van der Waals surface area contributed by atoms with Gasteiger partial charge in [0.25, 0.3) is 0 Å². The number of nitrogens with zero attached hydrogens (tertiary/aromatic N) is 3. The summed E-state index contributed by atoms with van der Waals surface area (Å²) in [4.78, 5) is 7.08. The van der Waals surface area contributed by atoms with Gasteiger partial charge in [0.15, 0.2) is 5.82 Å². The molecule has 2 aromatic heterocycles. The molecule has 0 spiro atoms. The van der Waals surface area contributed by atoms with E-state index < -0.39 is 0 Å². The molecule has 2 heterocycles. The summed E-state index contributed by atoms with van der Waals surface area (Å²) in [6.45, 7) is 7.67. The average Bonchev–Trinajstić information content (AvgIpc) is 2.83. The number of imidazole rings is 1. The largest absolute Gasteiger partial charge is 0.358 e. The summed E-state index contributed by atoms with van der Waals surface area (Å²) in [6, 6.07) is 6.32. The summed E-state index contributed by atoms with van der Waals surface area (Å²) in [5.41, 5.74) is 8.42. The SMILES string of the molecule is CCC(N)Cc1c(N(C)CCC(C)C)nc2ccccn12. The molecule has 0 aliphatic carbocycles. The zero-order valence-corrected chi connectivity index (χ0v) is 13.7. The Morgan fingerprint density at radius 2 is 2.10 bits per heavy atom. The quantitative estimate of drug-likeness (QED) is 0.851. The maximum absolute atomic E-state index is 6.19. The molecule has 2 rings (SSSR count). The van der Waals surface area contributed by atoms with E-state index in [4.69, 9.17) is 10.7 Å². The molecule has 2 aromatic rings. The van der Waals surface area contributed by atoms with Crippen molar-refractivity contribution in [3.63, 3.8) is 0 Å². The number of rotatable bonds is 7. The van der Waals surface area contributed by atoms with Crippen molar-refractivity contribution in [3.8, 4) is 0 Å². The van der Waals surface area contributed by atoms with Gasteiger partial charge in [-0.3, -0.25) is 0 Å². The second-order valence-electron chi connectivity index (χ2n) is 6.29. The fourth-order valence-electron chi connectivity index (χ4n) is 2.48. The van der Waals surface area contributed by atoms with Gasteiger partial charge in [0.05, 0.1) is 5.69 Å². The van der Waals surface area contributed by atoms with Crippen LogP contribution in [0.3, 0.4) is 0 Å². The Morgan fingerprint density at radius 1 is 1.33 bits per heavy atom. The van der Waals surface area contributed by atoms with E-state index in [1.165, 1.54) is 12.1 Å². The molecule has 2 N–H and O–H groups in total. The molecule has 0 aromatic carbocycles. The third-order valence-electron chi connectivity index (χ3n) is 3.99. The van der Waals surface area contributed by atoms with Gasteiger partial charge in [-0.2, -0.15) is 0 Å². The van der Waals surface area contributed by atoms with Crippen LogP contribution in [-0.4, -0.2) is 29.0 Å². The summed E-state index contributed by atoms with van der Waals surface area (Å²) in [5.74, 6) is 1.77. The Bertz CT molecular complexity index is 573. The maximum Gasteiger partial charge on any atom is 0.150 e. The third-order valence-corrected chi connectivity index (χ3v) is 3.99. The predicted octanol–water partition coefficient (Wildman–Crippen LogP) is 3.10. The lowest BCUT2D eigenvalue weighted by Gasteiger charge is -2.20. The van der Waals surface area contributed by atoms with Crippen LogP contribution in [0.5, 0.6) is 0 Å². The Balaban J connectivity index is 2.34. The molecule has 0 fully saturated rings. The van der Waals surface area contributed by atoms with Gasteiger partial charge < -0.3 is 15.0 Å². The normalized spacial score (nSPS) is 13.0. The van der Waals surface area contributed by atoms with E-state index in [-0.39, 0.29) is 6.04 Å². The lowest BCUT2D eigenvalue weighted by atomic mass is 10.1. The Kier molecular flexibility index (Phi) is 5.23. The molecule has 0 saturated heterocycles. The second-order valence-corrected chi connectivity index (χ2v) is 6.29. The molecule has 0 aliphatic rings. The van der Waals surface area contributed by atoms with Crippen molar-refractivity contribution in [2.45, 2.75) is 46.1 Å². The minimum Gasteiger partial charge on any atom is -0.358 e. The summed E-state index contributed by atoms with van der Waals surface area (Å²) < 4.78 is 2.18. The number of anilines is 1. The average molecular weight is 288 g/mol. The summed E-state index contributed by atoms with van der Waals surface area (Å²) in [6.07, 6.45) is 5.10. The number of pyridine rings is 1. The van der Waals surface area contributed by atoms with Crippen molar-refractivity contribution in [3.05, 3.63) is 30.1 Å². The van der Waals surface area contributed by atoms with Crippen molar-refractivity contribution in [1.29, 1.82) is 0 Å². The van der Waals surface area contributed by atoms with E-state index in [0.29, 0.717) is 5.92 Å². The van der Waals surface area contributed by atoms with Crippen molar-refractivity contribution in [2.75, 3.05) is 18.5 Å². The van der Waals surface area contributed by atoms with Crippen LogP contribution >= 0.6 is 0 Å². The van der Waals surface area contributed by atoms with Crippen LogP contribution in [-0.2, 0) is 6.42 Å². The first kappa shape index (κ1) is 15.8. The Hall–Kier alpha value is -1.55. The first-order chi connectivity index (χ1) is 10.0. The number of fused-ring (bicyclic) bond motifs is 1. The topological polar surface area (TPSA) is 46.6 Å². The van der Waals surface area contributed by atoms with Gasteiger partial charge in [0.1, 0.15) is 5.65 Å². The van der Waals surface area contributed by atoms with Gasteiger partial charge in [-0.05, 0) is 30.9 Å². The highest BCUT2D eigenvalue weighted by molar-refractivity contribution is 5.55. The molecule has 1 atom stereocenters. The van der Waals surface area contributed by atoms with Crippen LogP contribution < -0.4 is 10.6 Å². The lowest BCUT2D eigenvalue weighted by Crippen LogP contribution is -2.26. The van der Waals surface area contributed by atoms with Crippen LogP contribution in [0.2, 0.25) is 0 Å². The van der Waals surface area contributed by atoms with Gasteiger partial charge in [-0.25, -0.2) is 4.98 Å². The Labute approximate surface area is 128 Å². The monoisotopic (exact) mass is 288 g/mol. The molecule has 0 amide bonds. The standard InChI is InChI=1S/C17H28N4/c1-5-14(18)12-15-17(20(4)11-9-13(2)3)19-16-8-6-7-10-21(15)16/h6-8,10,13-14H,5,9,11-12,18H2,1-4H3. The zero-order chi connectivity index (χ0) is 15.4. The summed E-state index contributed by atoms with van der Waals surface area (Å²) >= 11 is 0. The van der Waals surface area contributed by atoms with E-state index in [1.807, 2.05) is 12.1 Å². The molecule has 4 heteroatoms. The molecule has 116 valence electrons. The smallest absolute Gasteiger partial charge is 0.150 e. The van der Waals surface area contributed by atoms with Gasteiger partial charge in [-0.1, -0.05) is 26.8 Å². The fraction of sp³-hybridized carbons (Fsp3) is 0.588. The molecule has 0 saturated carbocycles. The molecule has 1 unspecified atom stereocenters. The van der Waals surface area contributed by atoms with Crippen molar-refractivity contribution in [1.82, 2.24) is 9.38 Å². The number of hydrogen-bond acceptors (Lipinski definition) is 3. The van der Waals surface area contributed by atoms with E-state index in [9.17, 15) is 0 Å². The minimum absolute atomic E-state index is 0.183. The fourth-order valence-corrected chi connectivity index (χ4v) is 2.48. The number of hydrogen-bond donors (Lipinski definition) is 1. The van der Waals surface area contributed by atoms with E-state index in [2.05, 4.69) is 49.4 Å². The van der Waals surface area contributed by atoms with Crippen LogP contribution in [0.25, 0.3) is 5.65 Å². The van der Waals surface area contributed by atoms with Gasteiger partial charge in [0.2, 0.25) is 0 Å². The Morgan fingerprint density at radius 3 is 2.76 bits per heavy atom. The number of aromatic nitrogens is 2. The van der Waals surface area contributed by atoms with E-state index >= 15 is 0 Å². The highest BCUT2D eigenvalue weighted by atomic mass is 15.2. The van der Waals surface area contributed by atoms with E-state index in [1.54, 1.807) is 0 Å². The van der Waals surface area contributed by atoms with Crippen molar-refractivity contribution in [2.24, 2.45) is 11.7 Å². The summed E-state index contributed by atoms with van der Waals surface area (Å²) in [5, 5.41) is 0. The van der Waals surface area contributed by atoms with Gasteiger partial charge in [0, 0.05) is 32.3 Å². The molecule has 21 heavy (non-hydrogen) atoms. The molecule has 0 bridgehead atoms. The number of nitrogens with two attached hydrogens (primary N) is 1. The molecule has 4 nitrogen and oxygen atoms in total. The maximum atomic E-state index is 6.19. The molecule has 0 aliphatic heterocycles.